The Morgan fingerprint density at radius 2 is 2.67 bits per heavy atom. The fourth-order valence-electron chi connectivity index (χ4n) is 0.659. The number of anilines is 1. The van der Waals surface area contributed by atoms with Crippen LogP contribution < -0.4 is 5.32 Å². The number of hydrogen-bond acceptors (Lipinski definition) is 4. The molecule has 1 unspecified atom stereocenters. The number of aliphatic hydroxyl groups excluding tert-OH is 1. The monoisotopic (exact) mass is 186 g/mol. The van der Waals surface area contributed by atoms with Gasteiger partial charge in [-0.2, -0.15) is 0 Å². The van der Waals surface area contributed by atoms with E-state index in [0.717, 1.165) is 0 Å². The summed E-state index contributed by atoms with van der Waals surface area (Å²) in [5.41, 5.74) is 0. The Kier molecular flexibility index (Phi) is 3.19. The highest BCUT2D eigenvalue weighted by atomic mass is 32.1. The molecule has 1 amide bonds. The van der Waals surface area contributed by atoms with Crippen molar-refractivity contribution in [2.75, 3.05) is 5.32 Å². The molecule has 0 saturated carbocycles. The van der Waals surface area contributed by atoms with Crippen molar-refractivity contribution in [3.05, 3.63) is 11.6 Å². The van der Waals surface area contributed by atoms with E-state index in [1.54, 1.807) is 18.5 Å². The molecule has 0 radical (unpaired) electrons. The van der Waals surface area contributed by atoms with Gasteiger partial charge in [-0.1, -0.05) is 6.92 Å². The van der Waals surface area contributed by atoms with Gasteiger partial charge in [0, 0.05) is 11.6 Å². The molecule has 1 aromatic rings. The zero-order valence-electron chi connectivity index (χ0n) is 6.65. The third-order valence-corrected chi connectivity index (χ3v) is 2.04. The molecule has 1 heterocycles. The molecule has 1 aromatic heterocycles. The van der Waals surface area contributed by atoms with Gasteiger partial charge in [-0.3, -0.25) is 10.1 Å². The van der Waals surface area contributed by atoms with Crippen LogP contribution in [0.3, 0.4) is 0 Å². The maximum absolute atomic E-state index is 11.0. The van der Waals surface area contributed by atoms with E-state index in [1.165, 1.54) is 11.3 Å². The summed E-state index contributed by atoms with van der Waals surface area (Å²) in [5.74, 6) is -0.396. The van der Waals surface area contributed by atoms with E-state index in [-0.39, 0.29) is 0 Å². The zero-order valence-corrected chi connectivity index (χ0v) is 7.47. The number of carbonyl (C=O) groups excluding carboxylic acids is 1. The number of nitrogens with one attached hydrogen (secondary N) is 1. The quantitative estimate of drug-likeness (QED) is 0.735. The van der Waals surface area contributed by atoms with Gasteiger partial charge in [-0.05, 0) is 6.42 Å². The lowest BCUT2D eigenvalue weighted by Gasteiger charge is -2.05. The van der Waals surface area contributed by atoms with E-state index < -0.39 is 12.0 Å². The van der Waals surface area contributed by atoms with Crippen LogP contribution in [0.25, 0.3) is 0 Å². The second kappa shape index (κ2) is 4.18. The molecule has 0 saturated heterocycles. The average Bonchev–Trinajstić information content (AvgIpc) is 2.55. The number of thiazole rings is 1. The first-order valence-electron chi connectivity index (χ1n) is 3.62. The molecule has 0 aliphatic carbocycles. The van der Waals surface area contributed by atoms with Crippen molar-refractivity contribution in [3.63, 3.8) is 0 Å². The van der Waals surface area contributed by atoms with Crippen LogP contribution in [0.4, 0.5) is 5.13 Å². The summed E-state index contributed by atoms with van der Waals surface area (Å²) in [7, 11) is 0. The number of aliphatic hydroxyl groups is 1. The third-order valence-electron chi connectivity index (χ3n) is 1.35. The molecule has 0 fully saturated rings. The summed E-state index contributed by atoms with van der Waals surface area (Å²) in [6.07, 6.45) is 1.07. The minimum Gasteiger partial charge on any atom is -0.383 e. The predicted octanol–water partition coefficient (Wildman–Crippen LogP) is 0.853. The van der Waals surface area contributed by atoms with Gasteiger partial charge >= 0.3 is 0 Å². The smallest absolute Gasteiger partial charge is 0.254 e. The number of rotatable bonds is 3. The Bertz CT molecular complexity index is 248. The van der Waals surface area contributed by atoms with Crippen molar-refractivity contribution >= 4 is 22.4 Å². The summed E-state index contributed by atoms with van der Waals surface area (Å²) >= 11 is 1.32. The summed E-state index contributed by atoms with van der Waals surface area (Å²) < 4.78 is 0. The van der Waals surface area contributed by atoms with Gasteiger partial charge in [0.05, 0.1) is 0 Å². The van der Waals surface area contributed by atoms with Gasteiger partial charge in [0.2, 0.25) is 0 Å². The molecular formula is C7H10N2O2S. The Balaban J connectivity index is 2.47. The normalized spacial score (nSPS) is 12.5. The van der Waals surface area contributed by atoms with Gasteiger partial charge in [-0.25, -0.2) is 4.98 Å². The highest BCUT2D eigenvalue weighted by Gasteiger charge is 2.12. The summed E-state index contributed by atoms with van der Waals surface area (Å²) in [5, 5.41) is 13.9. The molecule has 12 heavy (non-hydrogen) atoms. The molecule has 66 valence electrons. The summed E-state index contributed by atoms with van der Waals surface area (Å²) in [6, 6.07) is 0. The van der Waals surface area contributed by atoms with E-state index in [2.05, 4.69) is 10.3 Å². The molecule has 0 bridgehead atoms. The molecular weight excluding hydrogens is 176 g/mol. The van der Waals surface area contributed by atoms with Crippen molar-refractivity contribution in [3.8, 4) is 0 Å². The fraction of sp³-hybridized carbons (Fsp3) is 0.429. The Morgan fingerprint density at radius 1 is 1.92 bits per heavy atom. The molecule has 1 atom stereocenters. The van der Waals surface area contributed by atoms with Crippen LogP contribution in [0.15, 0.2) is 11.6 Å². The second-order valence-corrected chi connectivity index (χ2v) is 3.15. The predicted molar refractivity (Wildman–Crippen MR) is 47.0 cm³/mol. The first kappa shape index (κ1) is 9.15. The van der Waals surface area contributed by atoms with E-state index >= 15 is 0 Å². The molecule has 0 aromatic carbocycles. The minimum atomic E-state index is -0.936. The van der Waals surface area contributed by atoms with E-state index in [4.69, 9.17) is 5.11 Å². The number of hydrogen-bond donors (Lipinski definition) is 2. The highest BCUT2D eigenvalue weighted by Crippen LogP contribution is 2.10. The van der Waals surface area contributed by atoms with Gasteiger partial charge in [-0.15, -0.1) is 11.3 Å². The second-order valence-electron chi connectivity index (χ2n) is 2.25. The first-order chi connectivity index (χ1) is 5.74. The van der Waals surface area contributed by atoms with Crippen LogP contribution in [0.5, 0.6) is 0 Å². The maximum Gasteiger partial charge on any atom is 0.254 e. The highest BCUT2D eigenvalue weighted by molar-refractivity contribution is 7.13. The Labute approximate surface area is 74.3 Å². The summed E-state index contributed by atoms with van der Waals surface area (Å²) in [4.78, 5) is 14.9. The molecule has 1 rings (SSSR count). The molecule has 5 heteroatoms. The lowest BCUT2D eigenvalue weighted by Crippen LogP contribution is -2.26. The minimum absolute atomic E-state index is 0.396. The molecule has 0 spiro atoms. The number of aromatic nitrogens is 1. The Hall–Kier alpha value is -0.940. The molecule has 0 aliphatic rings. The van der Waals surface area contributed by atoms with Gasteiger partial charge in [0.1, 0.15) is 6.10 Å². The average molecular weight is 186 g/mol. The van der Waals surface area contributed by atoms with Crippen molar-refractivity contribution in [2.24, 2.45) is 0 Å². The lowest BCUT2D eigenvalue weighted by molar-refractivity contribution is -0.124. The fourth-order valence-corrected chi connectivity index (χ4v) is 1.19. The van der Waals surface area contributed by atoms with E-state index in [0.29, 0.717) is 11.6 Å². The van der Waals surface area contributed by atoms with Crippen molar-refractivity contribution in [2.45, 2.75) is 19.4 Å². The summed E-state index contributed by atoms with van der Waals surface area (Å²) in [6.45, 7) is 1.74. The lowest BCUT2D eigenvalue weighted by atomic mass is 10.3. The van der Waals surface area contributed by atoms with Crippen LogP contribution in [0, 0.1) is 0 Å². The van der Waals surface area contributed by atoms with Crippen LogP contribution >= 0.6 is 11.3 Å². The first-order valence-corrected chi connectivity index (χ1v) is 4.50. The molecule has 2 N–H and O–H groups in total. The van der Waals surface area contributed by atoms with Crippen molar-refractivity contribution in [1.29, 1.82) is 0 Å². The van der Waals surface area contributed by atoms with Crippen LogP contribution in [0.2, 0.25) is 0 Å². The number of amides is 1. The van der Waals surface area contributed by atoms with Crippen molar-refractivity contribution in [1.82, 2.24) is 4.98 Å². The standard InChI is InChI=1S/C7H10N2O2S/c1-2-5(10)6(11)9-7-8-3-4-12-7/h3-5,10H,2H2,1H3,(H,8,9,11). The SMILES string of the molecule is CCC(O)C(=O)Nc1nccs1. The van der Waals surface area contributed by atoms with Crippen LogP contribution in [-0.2, 0) is 4.79 Å². The van der Waals surface area contributed by atoms with Crippen LogP contribution in [-0.4, -0.2) is 22.1 Å². The zero-order chi connectivity index (χ0) is 8.97. The molecule has 4 nitrogen and oxygen atoms in total. The third kappa shape index (κ3) is 2.28. The van der Waals surface area contributed by atoms with E-state index in [9.17, 15) is 4.79 Å². The number of nitrogens with zero attached hydrogens (tertiary/aromatic N) is 1. The van der Waals surface area contributed by atoms with Gasteiger partial charge < -0.3 is 5.11 Å². The topological polar surface area (TPSA) is 62.2 Å². The number of carbonyl (C=O) groups is 1. The maximum atomic E-state index is 11.0. The van der Waals surface area contributed by atoms with Gasteiger partial charge in [0.25, 0.3) is 5.91 Å². The van der Waals surface area contributed by atoms with Crippen molar-refractivity contribution < 1.29 is 9.90 Å². The van der Waals surface area contributed by atoms with E-state index in [1.807, 2.05) is 0 Å². The largest absolute Gasteiger partial charge is 0.383 e. The molecule has 0 aliphatic heterocycles. The van der Waals surface area contributed by atoms with Gasteiger partial charge in [0.15, 0.2) is 5.13 Å². The van der Waals surface area contributed by atoms with Crippen LogP contribution in [0.1, 0.15) is 13.3 Å². The Morgan fingerprint density at radius 3 is 3.17 bits per heavy atom.